The van der Waals surface area contributed by atoms with Gasteiger partial charge in [0.1, 0.15) is 5.69 Å². The minimum absolute atomic E-state index is 0.0398. The Morgan fingerprint density at radius 1 is 1.18 bits per heavy atom. The fraction of sp³-hybridized carbons (Fsp3) is 0.533. The smallest absolute Gasteiger partial charge is 0.337 e. The molecule has 1 aromatic heterocycles. The van der Waals surface area contributed by atoms with Crippen LogP contribution in [0, 0.1) is 0 Å². The molecule has 0 bridgehead atoms. The highest BCUT2D eigenvalue weighted by Gasteiger charge is 2.27. The highest BCUT2D eigenvalue weighted by atomic mass is 16.5. The van der Waals surface area contributed by atoms with Gasteiger partial charge in [0.25, 0.3) is 5.91 Å². The number of aromatic nitrogens is 1. The van der Waals surface area contributed by atoms with Crippen molar-refractivity contribution in [1.29, 1.82) is 0 Å². The van der Waals surface area contributed by atoms with Crippen LogP contribution in [-0.2, 0) is 9.47 Å². The average Bonchev–Trinajstić information content (AvgIpc) is 2.48. The van der Waals surface area contributed by atoms with Gasteiger partial charge in [0, 0.05) is 20.4 Å². The molecule has 0 radical (unpaired) electrons. The first-order chi connectivity index (χ1) is 10.4. The van der Waals surface area contributed by atoms with Crippen LogP contribution in [0.1, 0.15) is 34.7 Å². The van der Waals surface area contributed by atoms with Gasteiger partial charge in [0.05, 0.1) is 30.9 Å². The highest BCUT2D eigenvalue weighted by Crippen LogP contribution is 2.13. The molecule has 0 aliphatic heterocycles. The second kappa shape index (κ2) is 8.45. The first-order valence-electron chi connectivity index (χ1n) is 6.92. The van der Waals surface area contributed by atoms with E-state index >= 15 is 0 Å². The standard InChI is InChI=1S/C15H22N2O5/c1-10(8-21-3)17(11(2)9-22-4)14(18)13-6-5-12(7-16-13)15(19)20/h5-7,10-11H,8-9H2,1-4H3,(H,19,20). The van der Waals surface area contributed by atoms with E-state index in [0.29, 0.717) is 13.2 Å². The second-order valence-electron chi connectivity index (χ2n) is 5.06. The summed E-state index contributed by atoms with van der Waals surface area (Å²) < 4.78 is 10.2. The van der Waals surface area contributed by atoms with Gasteiger partial charge in [-0.15, -0.1) is 0 Å². The summed E-state index contributed by atoms with van der Waals surface area (Å²) in [5.41, 5.74) is 0.230. The maximum atomic E-state index is 12.7. The maximum Gasteiger partial charge on any atom is 0.337 e. The van der Waals surface area contributed by atoms with Crippen LogP contribution in [0.4, 0.5) is 0 Å². The summed E-state index contributed by atoms with van der Waals surface area (Å²) in [5.74, 6) is -1.37. The quantitative estimate of drug-likeness (QED) is 0.778. The monoisotopic (exact) mass is 310 g/mol. The molecule has 22 heavy (non-hydrogen) atoms. The number of rotatable bonds is 8. The van der Waals surface area contributed by atoms with Gasteiger partial charge in [-0.05, 0) is 26.0 Å². The summed E-state index contributed by atoms with van der Waals surface area (Å²) in [6.07, 6.45) is 1.18. The molecule has 0 aliphatic rings. The van der Waals surface area contributed by atoms with Crippen molar-refractivity contribution in [1.82, 2.24) is 9.88 Å². The minimum atomic E-state index is -1.08. The van der Waals surface area contributed by atoms with Crippen molar-refractivity contribution in [3.63, 3.8) is 0 Å². The van der Waals surface area contributed by atoms with Crippen molar-refractivity contribution in [3.8, 4) is 0 Å². The zero-order valence-corrected chi connectivity index (χ0v) is 13.3. The molecule has 2 unspecified atom stereocenters. The summed E-state index contributed by atoms with van der Waals surface area (Å²) in [4.78, 5) is 29.1. The third kappa shape index (κ3) is 4.51. The Morgan fingerprint density at radius 2 is 1.73 bits per heavy atom. The summed E-state index contributed by atoms with van der Waals surface area (Å²) in [6.45, 7) is 4.51. The number of nitrogens with zero attached hydrogens (tertiary/aromatic N) is 2. The van der Waals surface area contributed by atoms with E-state index < -0.39 is 5.97 Å². The molecule has 0 saturated heterocycles. The summed E-state index contributed by atoms with van der Waals surface area (Å²) in [7, 11) is 3.14. The van der Waals surface area contributed by atoms with Crippen molar-refractivity contribution < 1.29 is 24.2 Å². The zero-order chi connectivity index (χ0) is 16.7. The van der Waals surface area contributed by atoms with Gasteiger partial charge < -0.3 is 19.5 Å². The number of pyridine rings is 1. The van der Waals surface area contributed by atoms with Gasteiger partial charge in [-0.2, -0.15) is 0 Å². The number of hydrogen-bond donors (Lipinski definition) is 1. The molecule has 2 atom stereocenters. The lowest BCUT2D eigenvalue weighted by atomic mass is 10.1. The SMILES string of the molecule is COCC(C)N(C(=O)c1ccc(C(=O)O)cn1)C(C)COC. The Kier molecular flexibility index (Phi) is 6.94. The van der Waals surface area contributed by atoms with Crippen LogP contribution in [-0.4, -0.2) is 66.4 Å². The Balaban J connectivity index is 3.01. The molecule has 1 rings (SSSR count). The van der Waals surface area contributed by atoms with E-state index in [1.165, 1.54) is 18.3 Å². The molecule has 0 saturated carbocycles. The van der Waals surface area contributed by atoms with Gasteiger partial charge in [-0.25, -0.2) is 4.79 Å². The van der Waals surface area contributed by atoms with Gasteiger partial charge in [0.15, 0.2) is 0 Å². The molecule has 1 heterocycles. The first-order valence-corrected chi connectivity index (χ1v) is 6.92. The van der Waals surface area contributed by atoms with Crippen LogP contribution < -0.4 is 0 Å². The molecular formula is C15H22N2O5. The number of aromatic carboxylic acids is 1. The molecule has 122 valence electrons. The van der Waals surface area contributed by atoms with E-state index in [2.05, 4.69) is 4.98 Å². The Morgan fingerprint density at radius 3 is 2.09 bits per heavy atom. The molecule has 0 aromatic carbocycles. The van der Waals surface area contributed by atoms with Gasteiger partial charge in [0.2, 0.25) is 0 Å². The number of hydrogen-bond acceptors (Lipinski definition) is 5. The number of carboxylic acids is 1. The highest BCUT2D eigenvalue weighted by molar-refractivity contribution is 5.94. The van der Waals surface area contributed by atoms with Gasteiger partial charge in [-0.3, -0.25) is 9.78 Å². The van der Waals surface area contributed by atoms with Gasteiger partial charge in [-0.1, -0.05) is 0 Å². The van der Waals surface area contributed by atoms with Crippen LogP contribution in [0.15, 0.2) is 18.3 Å². The Bertz CT molecular complexity index is 491. The number of carbonyl (C=O) groups excluding carboxylic acids is 1. The fourth-order valence-electron chi connectivity index (χ4n) is 2.26. The Labute approximate surface area is 129 Å². The molecule has 0 fully saturated rings. The van der Waals surface area contributed by atoms with E-state index in [1.807, 2.05) is 13.8 Å². The lowest BCUT2D eigenvalue weighted by Crippen LogP contribution is -2.48. The van der Waals surface area contributed by atoms with E-state index in [-0.39, 0.29) is 29.2 Å². The number of carbonyl (C=O) groups is 2. The van der Waals surface area contributed by atoms with Crippen molar-refractivity contribution in [2.75, 3.05) is 27.4 Å². The molecule has 0 aliphatic carbocycles. The van der Waals surface area contributed by atoms with Crippen LogP contribution in [0.3, 0.4) is 0 Å². The largest absolute Gasteiger partial charge is 0.478 e. The molecule has 1 aromatic rings. The Hall–Kier alpha value is -1.99. The van der Waals surface area contributed by atoms with E-state index in [1.54, 1.807) is 19.1 Å². The fourth-order valence-corrected chi connectivity index (χ4v) is 2.26. The van der Waals surface area contributed by atoms with Crippen molar-refractivity contribution in [2.24, 2.45) is 0 Å². The number of methoxy groups -OCH3 is 2. The van der Waals surface area contributed by atoms with Crippen molar-refractivity contribution >= 4 is 11.9 Å². The lowest BCUT2D eigenvalue weighted by molar-refractivity contribution is 0.0292. The number of ether oxygens (including phenoxy) is 2. The second-order valence-corrected chi connectivity index (χ2v) is 5.06. The molecule has 1 N–H and O–H groups in total. The normalized spacial score (nSPS) is 13.5. The van der Waals surface area contributed by atoms with Crippen LogP contribution in [0.5, 0.6) is 0 Å². The van der Waals surface area contributed by atoms with Gasteiger partial charge >= 0.3 is 5.97 Å². The summed E-state index contributed by atoms with van der Waals surface area (Å²) in [5, 5.41) is 8.87. The van der Waals surface area contributed by atoms with Crippen molar-refractivity contribution in [3.05, 3.63) is 29.6 Å². The first kappa shape index (κ1) is 18.1. The topological polar surface area (TPSA) is 89.0 Å². The van der Waals surface area contributed by atoms with Crippen LogP contribution >= 0.6 is 0 Å². The van der Waals surface area contributed by atoms with E-state index in [0.717, 1.165) is 0 Å². The van der Waals surface area contributed by atoms with E-state index in [9.17, 15) is 9.59 Å². The predicted octanol–water partition coefficient (Wildman–Crippen LogP) is 1.29. The molecule has 0 spiro atoms. The summed E-state index contributed by atoms with van der Waals surface area (Å²) >= 11 is 0. The third-order valence-electron chi connectivity index (χ3n) is 3.23. The van der Waals surface area contributed by atoms with Crippen LogP contribution in [0.2, 0.25) is 0 Å². The van der Waals surface area contributed by atoms with E-state index in [4.69, 9.17) is 14.6 Å². The average molecular weight is 310 g/mol. The minimum Gasteiger partial charge on any atom is -0.478 e. The summed E-state index contributed by atoms with van der Waals surface area (Å²) in [6, 6.07) is 2.45. The molecular weight excluding hydrogens is 288 g/mol. The number of amides is 1. The predicted molar refractivity (Wildman–Crippen MR) is 80.0 cm³/mol. The third-order valence-corrected chi connectivity index (χ3v) is 3.23. The van der Waals surface area contributed by atoms with Crippen LogP contribution in [0.25, 0.3) is 0 Å². The lowest BCUT2D eigenvalue weighted by Gasteiger charge is -2.33. The number of carboxylic acid groups (broad SMARTS) is 1. The maximum absolute atomic E-state index is 12.7. The molecule has 7 heteroatoms. The molecule has 1 amide bonds. The van der Waals surface area contributed by atoms with Crippen molar-refractivity contribution in [2.45, 2.75) is 25.9 Å². The zero-order valence-electron chi connectivity index (χ0n) is 13.3. The molecule has 7 nitrogen and oxygen atoms in total.